The lowest BCUT2D eigenvalue weighted by molar-refractivity contribution is -0.112. The summed E-state index contributed by atoms with van der Waals surface area (Å²) in [5.74, 6) is -2.64. The van der Waals surface area contributed by atoms with Crippen molar-refractivity contribution in [2.75, 3.05) is 4.90 Å². The quantitative estimate of drug-likeness (QED) is 0.282. The van der Waals surface area contributed by atoms with Gasteiger partial charge >= 0.3 is 0 Å². The van der Waals surface area contributed by atoms with Gasteiger partial charge in [-0.15, -0.1) is 12.6 Å². The minimum atomic E-state index is -1.02. The first-order chi connectivity index (χ1) is 11.2. The number of aromatic hydroxyl groups is 2. The van der Waals surface area contributed by atoms with Crippen LogP contribution in [-0.4, -0.2) is 27.8 Å². The van der Waals surface area contributed by atoms with E-state index in [0.717, 1.165) is 16.5 Å². The van der Waals surface area contributed by atoms with Crippen LogP contribution in [0.5, 0.6) is 11.5 Å². The van der Waals surface area contributed by atoms with Gasteiger partial charge in [0.25, 0.3) is 5.91 Å². The number of rotatable bonds is 2. The first-order valence-electron chi connectivity index (χ1n) is 6.81. The number of aryl methyl sites for hydroxylation is 1. The van der Waals surface area contributed by atoms with E-state index in [1.165, 1.54) is 6.07 Å². The van der Waals surface area contributed by atoms with Gasteiger partial charge in [0.15, 0.2) is 5.84 Å². The number of phenolic OH excluding ortho intramolecular Hbond substituents is 2. The minimum Gasteiger partial charge on any atom is -0.507 e. The van der Waals surface area contributed by atoms with Crippen LogP contribution in [0.25, 0.3) is 0 Å². The van der Waals surface area contributed by atoms with Crippen molar-refractivity contribution in [1.29, 1.82) is 10.8 Å². The molecule has 2 aromatic carbocycles. The number of thiol groups is 1. The maximum Gasteiger partial charge on any atom is 0.284 e. The van der Waals surface area contributed by atoms with Gasteiger partial charge in [-0.2, -0.15) is 0 Å². The van der Waals surface area contributed by atoms with Gasteiger partial charge in [-0.3, -0.25) is 20.5 Å². The molecule has 0 bridgehead atoms. The molecule has 2 rings (SSSR count). The van der Waals surface area contributed by atoms with E-state index in [4.69, 9.17) is 16.6 Å². The van der Waals surface area contributed by atoms with Crippen molar-refractivity contribution >= 4 is 35.9 Å². The van der Waals surface area contributed by atoms with Gasteiger partial charge in [-0.25, -0.2) is 0 Å². The summed E-state index contributed by atoms with van der Waals surface area (Å²) in [5, 5.41) is 35.8. The smallest absolute Gasteiger partial charge is 0.284 e. The first kappa shape index (κ1) is 17.4. The van der Waals surface area contributed by atoms with E-state index in [1.54, 1.807) is 24.3 Å². The molecule has 0 unspecified atom stereocenters. The molecular formula is C16H16N4O3S. The molecule has 0 saturated heterocycles. The molecule has 0 radical (unpaired) electrons. The van der Waals surface area contributed by atoms with Crippen molar-refractivity contribution < 1.29 is 15.0 Å². The number of benzene rings is 2. The maximum atomic E-state index is 11.5. The largest absolute Gasteiger partial charge is 0.507 e. The van der Waals surface area contributed by atoms with Gasteiger partial charge in [0.1, 0.15) is 17.3 Å². The predicted octanol–water partition coefficient (Wildman–Crippen LogP) is 1.99. The zero-order valence-electron chi connectivity index (χ0n) is 12.7. The second-order valence-corrected chi connectivity index (χ2v) is 5.57. The normalized spacial score (nSPS) is 10.2. The number of anilines is 1. The summed E-state index contributed by atoms with van der Waals surface area (Å²) in [4.78, 5) is 12.6. The Hall–Kier alpha value is -3.00. The lowest BCUT2D eigenvalue weighted by Crippen LogP contribution is -2.44. The van der Waals surface area contributed by atoms with Crippen LogP contribution in [0.15, 0.2) is 41.3 Å². The third-order valence-electron chi connectivity index (χ3n) is 3.32. The van der Waals surface area contributed by atoms with Crippen molar-refractivity contribution in [3.05, 3.63) is 47.5 Å². The topological polar surface area (TPSA) is 134 Å². The van der Waals surface area contributed by atoms with Crippen molar-refractivity contribution in [3.63, 3.8) is 0 Å². The van der Waals surface area contributed by atoms with Crippen LogP contribution < -0.4 is 10.6 Å². The van der Waals surface area contributed by atoms with E-state index in [-0.39, 0.29) is 27.8 Å². The standard InChI is InChI=1S/C16H16N4O3S/c1-8-2-4-9(5-3-8)20(15(18)16(19)23)14(17)10-6-13(24)12(22)7-11(10)21/h2-7,17-18,21-22,24H,1H3,(H2,19,23). The van der Waals surface area contributed by atoms with Gasteiger partial charge in [-0.1, -0.05) is 17.7 Å². The van der Waals surface area contributed by atoms with Gasteiger partial charge in [0.05, 0.1) is 5.56 Å². The molecule has 0 spiro atoms. The van der Waals surface area contributed by atoms with Crippen LogP contribution >= 0.6 is 12.6 Å². The Labute approximate surface area is 143 Å². The Morgan fingerprint density at radius 2 is 1.71 bits per heavy atom. The molecule has 0 fully saturated rings. The van der Waals surface area contributed by atoms with Crippen LogP contribution in [0.2, 0.25) is 0 Å². The zero-order valence-corrected chi connectivity index (χ0v) is 13.6. The van der Waals surface area contributed by atoms with E-state index < -0.39 is 11.7 Å². The summed E-state index contributed by atoms with van der Waals surface area (Å²) < 4.78 is 0. The Morgan fingerprint density at radius 1 is 1.12 bits per heavy atom. The molecule has 0 heterocycles. The third kappa shape index (κ3) is 3.33. The average molecular weight is 344 g/mol. The molecule has 8 heteroatoms. The van der Waals surface area contributed by atoms with E-state index in [9.17, 15) is 15.0 Å². The van der Waals surface area contributed by atoms with E-state index in [2.05, 4.69) is 12.6 Å². The van der Waals surface area contributed by atoms with E-state index in [0.29, 0.717) is 5.69 Å². The second-order valence-electron chi connectivity index (χ2n) is 5.09. The average Bonchev–Trinajstić information content (AvgIpc) is 2.52. The summed E-state index contributed by atoms with van der Waals surface area (Å²) in [6.45, 7) is 1.87. The molecule has 2 aromatic rings. The van der Waals surface area contributed by atoms with Crippen molar-refractivity contribution in [2.24, 2.45) is 5.73 Å². The molecular weight excluding hydrogens is 328 g/mol. The molecule has 7 nitrogen and oxygen atoms in total. The fourth-order valence-electron chi connectivity index (χ4n) is 2.05. The number of carbonyl (C=O) groups excluding carboxylic acids is 1. The number of carbonyl (C=O) groups is 1. The molecule has 0 saturated carbocycles. The molecule has 0 aliphatic heterocycles. The number of nitrogens with zero attached hydrogens (tertiary/aromatic N) is 1. The van der Waals surface area contributed by atoms with Crippen LogP contribution in [0, 0.1) is 17.7 Å². The maximum absolute atomic E-state index is 11.5. The number of phenols is 2. The predicted molar refractivity (Wildman–Crippen MR) is 94.4 cm³/mol. The highest BCUT2D eigenvalue weighted by atomic mass is 32.1. The molecule has 124 valence electrons. The number of hydrogen-bond donors (Lipinski definition) is 6. The molecule has 6 N–H and O–H groups in total. The fraction of sp³-hybridized carbons (Fsp3) is 0.0625. The van der Waals surface area contributed by atoms with Gasteiger partial charge in [0, 0.05) is 16.6 Å². The van der Waals surface area contributed by atoms with Crippen LogP contribution in [0.3, 0.4) is 0 Å². The van der Waals surface area contributed by atoms with E-state index in [1.807, 2.05) is 6.92 Å². The van der Waals surface area contributed by atoms with Crippen LogP contribution in [-0.2, 0) is 4.79 Å². The first-order valence-corrected chi connectivity index (χ1v) is 7.26. The molecule has 24 heavy (non-hydrogen) atoms. The summed E-state index contributed by atoms with van der Waals surface area (Å²) in [5.41, 5.74) is 6.51. The fourth-order valence-corrected chi connectivity index (χ4v) is 2.24. The molecule has 0 atom stereocenters. The summed E-state index contributed by atoms with van der Waals surface area (Å²) >= 11 is 4.05. The summed E-state index contributed by atoms with van der Waals surface area (Å²) in [7, 11) is 0. The third-order valence-corrected chi connectivity index (χ3v) is 3.68. The monoisotopic (exact) mass is 344 g/mol. The number of primary amides is 1. The van der Waals surface area contributed by atoms with Crippen molar-refractivity contribution in [1.82, 2.24) is 0 Å². The van der Waals surface area contributed by atoms with Crippen molar-refractivity contribution in [3.8, 4) is 11.5 Å². The molecule has 0 aliphatic rings. The highest BCUT2D eigenvalue weighted by molar-refractivity contribution is 7.80. The summed E-state index contributed by atoms with van der Waals surface area (Å²) in [6, 6.07) is 9.06. The second kappa shape index (κ2) is 6.63. The molecule has 0 aliphatic carbocycles. The number of nitrogens with two attached hydrogens (primary N) is 1. The zero-order chi connectivity index (χ0) is 18.0. The Balaban J connectivity index is 2.57. The van der Waals surface area contributed by atoms with Crippen molar-refractivity contribution in [2.45, 2.75) is 11.8 Å². The number of amides is 1. The summed E-state index contributed by atoms with van der Waals surface area (Å²) in [6.07, 6.45) is 0. The van der Waals surface area contributed by atoms with Crippen LogP contribution in [0.1, 0.15) is 11.1 Å². The van der Waals surface area contributed by atoms with Gasteiger partial charge in [0.2, 0.25) is 0 Å². The number of nitrogens with one attached hydrogen (secondary N) is 2. The highest BCUT2D eigenvalue weighted by Gasteiger charge is 2.25. The minimum absolute atomic E-state index is 0.00984. The Bertz CT molecular complexity index is 834. The molecule has 0 aromatic heterocycles. The highest BCUT2D eigenvalue weighted by Crippen LogP contribution is 2.31. The lowest BCUT2D eigenvalue weighted by atomic mass is 10.1. The Kier molecular flexibility index (Phi) is 4.79. The number of amidine groups is 2. The van der Waals surface area contributed by atoms with E-state index >= 15 is 0 Å². The number of hydrogen-bond acceptors (Lipinski definition) is 6. The molecule has 1 amide bonds. The van der Waals surface area contributed by atoms with Gasteiger partial charge in [-0.05, 0) is 25.1 Å². The SMILES string of the molecule is Cc1ccc(N(C(=N)C(N)=O)C(=N)c2cc(S)c(O)cc2O)cc1. The van der Waals surface area contributed by atoms with Crippen LogP contribution in [0.4, 0.5) is 5.69 Å². The Morgan fingerprint density at radius 3 is 2.25 bits per heavy atom. The lowest BCUT2D eigenvalue weighted by Gasteiger charge is -2.25. The van der Waals surface area contributed by atoms with Gasteiger partial charge < -0.3 is 15.9 Å².